The van der Waals surface area contributed by atoms with Gasteiger partial charge in [-0.3, -0.25) is 4.79 Å². The van der Waals surface area contributed by atoms with Gasteiger partial charge in [0.1, 0.15) is 11.5 Å². The van der Waals surface area contributed by atoms with Crippen LogP contribution < -0.4 is 9.47 Å². The number of alkyl halides is 3. The molecule has 0 saturated carbocycles. The Morgan fingerprint density at radius 1 is 0.745 bits per heavy atom. The molecule has 5 aromatic rings. The molecule has 0 unspecified atom stereocenters. The molecule has 1 amide bonds. The predicted molar refractivity (Wildman–Crippen MR) is 173 cm³/mol. The molecule has 47 heavy (non-hydrogen) atoms. The second kappa shape index (κ2) is 14.7. The monoisotopic (exact) mass is 639 g/mol. The number of carbonyl (C=O) groups is 2. The number of nitrogens with zero attached hydrogens (tertiary/aromatic N) is 1. The largest absolute Gasteiger partial charge is 0.495 e. The number of benzene rings is 5. The number of rotatable bonds is 12. The first-order valence-corrected chi connectivity index (χ1v) is 14.9. The highest BCUT2D eigenvalue weighted by atomic mass is 19.4. The van der Waals surface area contributed by atoms with E-state index in [1.165, 1.54) is 25.3 Å². The van der Waals surface area contributed by atoms with Crippen molar-refractivity contribution in [3.8, 4) is 33.8 Å². The Balaban J connectivity index is 1.74. The molecule has 5 aromatic carbocycles. The topological polar surface area (TPSA) is 76.1 Å². The number of carboxylic acids is 1. The van der Waals surface area contributed by atoms with Gasteiger partial charge in [-0.15, -0.1) is 0 Å². The highest BCUT2D eigenvalue weighted by molar-refractivity contribution is 6.03. The van der Waals surface area contributed by atoms with E-state index in [1.54, 1.807) is 35.2 Å². The van der Waals surface area contributed by atoms with Gasteiger partial charge in [0.15, 0.2) is 6.61 Å². The second-order valence-corrected chi connectivity index (χ2v) is 10.8. The Labute approximate surface area is 270 Å². The zero-order valence-corrected chi connectivity index (χ0v) is 25.5. The Hall–Kier alpha value is -5.57. The summed E-state index contributed by atoms with van der Waals surface area (Å²) in [4.78, 5) is 28.0. The normalized spacial score (nSPS) is 11.1. The van der Waals surface area contributed by atoms with Gasteiger partial charge in [-0.2, -0.15) is 13.2 Å². The van der Waals surface area contributed by atoms with Crippen molar-refractivity contribution in [2.24, 2.45) is 0 Å². The Morgan fingerprint density at radius 2 is 1.34 bits per heavy atom. The number of hydrogen-bond acceptors (Lipinski definition) is 4. The first kappa shape index (κ1) is 32.8. The molecule has 0 bridgehead atoms. The summed E-state index contributed by atoms with van der Waals surface area (Å²) in [5.74, 6) is -1.62. The van der Waals surface area contributed by atoms with Crippen molar-refractivity contribution in [3.63, 3.8) is 0 Å². The molecule has 6 nitrogen and oxygen atoms in total. The average Bonchev–Trinajstić information content (AvgIpc) is 3.09. The summed E-state index contributed by atoms with van der Waals surface area (Å²) in [6.07, 6.45) is -4.09. The number of halogens is 3. The number of methoxy groups -OCH3 is 1. The van der Waals surface area contributed by atoms with Crippen molar-refractivity contribution in [1.82, 2.24) is 4.90 Å². The van der Waals surface area contributed by atoms with Gasteiger partial charge in [-0.05, 0) is 46.9 Å². The van der Waals surface area contributed by atoms with Gasteiger partial charge in [-0.25, -0.2) is 4.79 Å². The average molecular weight is 640 g/mol. The summed E-state index contributed by atoms with van der Waals surface area (Å²) in [5.41, 5.74) is 2.06. The van der Waals surface area contributed by atoms with E-state index in [2.05, 4.69) is 0 Å². The van der Waals surface area contributed by atoms with E-state index in [0.29, 0.717) is 18.5 Å². The number of carboxylic acid groups (broad SMARTS) is 1. The van der Waals surface area contributed by atoms with Gasteiger partial charge < -0.3 is 19.5 Å². The fourth-order valence-corrected chi connectivity index (χ4v) is 5.38. The summed E-state index contributed by atoms with van der Waals surface area (Å²) in [7, 11) is 1.38. The number of aliphatic carboxylic acids is 1. The minimum Gasteiger partial charge on any atom is -0.495 e. The maximum atomic E-state index is 14.7. The van der Waals surface area contributed by atoms with Crippen LogP contribution in [0.15, 0.2) is 121 Å². The van der Waals surface area contributed by atoms with Crippen LogP contribution in [0, 0.1) is 0 Å². The predicted octanol–water partition coefficient (Wildman–Crippen LogP) is 8.40. The molecule has 0 aliphatic carbocycles. The highest BCUT2D eigenvalue weighted by Gasteiger charge is 2.32. The molecule has 0 fully saturated rings. The molecule has 0 aliphatic heterocycles. The van der Waals surface area contributed by atoms with E-state index < -0.39 is 30.2 Å². The van der Waals surface area contributed by atoms with Crippen LogP contribution in [0.25, 0.3) is 22.3 Å². The van der Waals surface area contributed by atoms with Crippen LogP contribution in [0.5, 0.6) is 11.5 Å². The Bertz CT molecular complexity index is 1830. The molecule has 240 valence electrons. The lowest BCUT2D eigenvalue weighted by Crippen LogP contribution is -2.33. The van der Waals surface area contributed by atoms with Crippen molar-refractivity contribution in [2.75, 3.05) is 20.3 Å². The molecule has 9 heteroatoms. The van der Waals surface area contributed by atoms with Gasteiger partial charge in [0.25, 0.3) is 5.91 Å². The molecular formula is C38H32F3NO5. The minimum atomic E-state index is -4.64. The fraction of sp³-hybridized carbons (Fsp3) is 0.158. The van der Waals surface area contributed by atoms with Crippen molar-refractivity contribution in [2.45, 2.75) is 19.1 Å². The van der Waals surface area contributed by atoms with E-state index >= 15 is 0 Å². The quantitative estimate of drug-likeness (QED) is 0.148. The number of amides is 1. The molecule has 0 spiro atoms. The van der Waals surface area contributed by atoms with Gasteiger partial charge in [0.2, 0.25) is 0 Å². The molecule has 0 aliphatic rings. The van der Waals surface area contributed by atoms with Crippen LogP contribution in [-0.4, -0.2) is 42.1 Å². The molecule has 0 aromatic heterocycles. The van der Waals surface area contributed by atoms with Gasteiger partial charge in [0, 0.05) is 18.7 Å². The zero-order chi connectivity index (χ0) is 33.4. The molecule has 1 N–H and O–H groups in total. The SMILES string of the molecule is COc1c(C(=O)N(CCc2ccccc2)Cc2ccccc2)cc(-c2cccc(C(F)(F)F)c2)c(OCC(=O)O)c1-c1ccccc1. The Kier molecular flexibility index (Phi) is 10.3. The first-order valence-electron chi connectivity index (χ1n) is 14.9. The summed E-state index contributed by atoms with van der Waals surface area (Å²) in [5, 5.41) is 9.52. The lowest BCUT2D eigenvalue weighted by molar-refractivity contribution is -0.139. The van der Waals surface area contributed by atoms with E-state index in [-0.39, 0.29) is 40.3 Å². The van der Waals surface area contributed by atoms with Crippen molar-refractivity contribution in [3.05, 3.63) is 144 Å². The minimum absolute atomic E-state index is 0.0229. The number of hydrogen-bond donors (Lipinski definition) is 1. The zero-order valence-electron chi connectivity index (χ0n) is 25.5. The van der Waals surface area contributed by atoms with Crippen LogP contribution >= 0.6 is 0 Å². The molecule has 0 atom stereocenters. The third-order valence-electron chi connectivity index (χ3n) is 7.59. The van der Waals surface area contributed by atoms with Crippen molar-refractivity contribution < 1.29 is 37.3 Å². The fourth-order valence-electron chi connectivity index (χ4n) is 5.38. The molecule has 5 rings (SSSR count). The lowest BCUT2D eigenvalue weighted by Gasteiger charge is -2.27. The molecule has 0 radical (unpaired) electrons. The van der Waals surface area contributed by atoms with E-state index in [9.17, 15) is 27.9 Å². The number of carbonyl (C=O) groups excluding carboxylic acids is 1. The van der Waals surface area contributed by atoms with Gasteiger partial charge >= 0.3 is 12.1 Å². The van der Waals surface area contributed by atoms with Crippen LogP contribution in [0.1, 0.15) is 27.0 Å². The maximum Gasteiger partial charge on any atom is 0.416 e. The third-order valence-corrected chi connectivity index (χ3v) is 7.59. The molecule has 0 saturated heterocycles. The summed E-state index contributed by atoms with van der Waals surface area (Å²) in [6.45, 7) is -0.191. The maximum absolute atomic E-state index is 14.7. The molecule has 0 heterocycles. The summed E-state index contributed by atoms with van der Waals surface area (Å²) in [6, 6.07) is 33.9. The van der Waals surface area contributed by atoms with E-state index in [0.717, 1.165) is 23.3 Å². The smallest absolute Gasteiger partial charge is 0.416 e. The van der Waals surface area contributed by atoms with Crippen molar-refractivity contribution in [1.29, 1.82) is 0 Å². The summed E-state index contributed by atoms with van der Waals surface area (Å²) < 4.78 is 53.3. The third kappa shape index (κ3) is 7.99. The Morgan fingerprint density at radius 3 is 1.94 bits per heavy atom. The lowest BCUT2D eigenvalue weighted by atomic mass is 9.91. The van der Waals surface area contributed by atoms with Crippen LogP contribution in [0.4, 0.5) is 13.2 Å². The number of ether oxygens (including phenoxy) is 2. The van der Waals surface area contributed by atoms with Gasteiger partial charge in [-0.1, -0.05) is 103 Å². The summed E-state index contributed by atoms with van der Waals surface area (Å²) >= 11 is 0. The standard InChI is InChI=1S/C38H32F3NO5/c1-46-35-32(37(45)42(24-27-14-7-3-8-15-27)21-20-26-12-5-2-6-13-26)23-31(29-18-11-19-30(22-29)38(39,40)41)36(47-25-33(43)44)34(35)28-16-9-4-10-17-28/h2-19,22-23H,20-21,24-25H2,1H3,(H,43,44). The van der Waals surface area contributed by atoms with Crippen molar-refractivity contribution >= 4 is 11.9 Å². The second-order valence-electron chi connectivity index (χ2n) is 10.8. The van der Waals surface area contributed by atoms with E-state index in [1.807, 2.05) is 60.7 Å². The highest BCUT2D eigenvalue weighted by Crippen LogP contribution is 2.48. The first-order chi connectivity index (χ1) is 22.7. The van der Waals surface area contributed by atoms with Crippen LogP contribution in [-0.2, 0) is 23.9 Å². The van der Waals surface area contributed by atoms with Crippen LogP contribution in [0.2, 0.25) is 0 Å². The van der Waals surface area contributed by atoms with Gasteiger partial charge in [0.05, 0.1) is 23.8 Å². The molecular weight excluding hydrogens is 607 g/mol. The van der Waals surface area contributed by atoms with E-state index in [4.69, 9.17) is 9.47 Å². The van der Waals surface area contributed by atoms with Crippen LogP contribution in [0.3, 0.4) is 0 Å².